The number of carbonyl (C=O) groups excluding carboxylic acids is 2. The van der Waals surface area contributed by atoms with E-state index in [0.29, 0.717) is 21.4 Å². The number of hydrogen-bond donors (Lipinski definition) is 4. The summed E-state index contributed by atoms with van der Waals surface area (Å²) >= 11 is 12.1. The predicted octanol–water partition coefficient (Wildman–Crippen LogP) is 4.45. The number of H-pyrrole nitrogens is 1. The second-order valence-corrected chi connectivity index (χ2v) is 8.07. The van der Waals surface area contributed by atoms with Crippen LogP contribution in [0.25, 0.3) is 0 Å². The summed E-state index contributed by atoms with van der Waals surface area (Å²) in [6.07, 6.45) is 0.566. The molecule has 4 N–H and O–H groups in total. The van der Waals surface area contributed by atoms with Gasteiger partial charge in [-0.05, 0) is 36.2 Å². The van der Waals surface area contributed by atoms with Crippen LogP contribution in [0.4, 0.5) is 23.1 Å². The van der Waals surface area contributed by atoms with Gasteiger partial charge in [0.25, 0.3) is 5.56 Å². The smallest absolute Gasteiger partial charge is 0.258 e. The van der Waals surface area contributed by atoms with Gasteiger partial charge in [-0.3, -0.25) is 19.4 Å². The SMILES string of the molecule is CCc1ccccc1NC(=O)[C@H]1CC(=O)Nc2nc(Nc3ccc(Cl)cc3Cl)[nH]c(=O)c21. The largest absolute Gasteiger partial charge is 0.325 e. The maximum atomic E-state index is 13.0. The van der Waals surface area contributed by atoms with Crippen LogP contribution in [-0.4, -0.2) is 21.8 Å². The van der Waals surface area contributed by atoms with Crippen molar-refractivity contribution in [1.29, 1.82) is 0 Å². The predicted molar refractivity (Wildman–Crippen MR) is 125 cm³/mol. The lowest BCUT2D eigenvalue weighted by Crippen LogP contribution is -2.36. The maximum Gasteiger partial charge on any atom is 0.258 e. The van der Waals surface area contributed by atoms with Crippen LogP contribution < -0.4 is 21.5 Å². The average molecular weight is 472 g/mol. The molecule has 32 heavy (non-hydrogen) atoms. The minimum absolute atomic E-state index is 0.0292. The number of aromatic nitrogens is 2. The molecule has 2 amide bonds. The van der Waals surface area contributed by atoms with Crippen molar-refractivity contribution >= 4 is 58.2 Å². The zero-order valence-corrected chi connectivity index (χ0v) is 18.5. The van der Waals surface area contributed by atoms with Gasteiger partial charge in [0.05, 0.1) is 22.2 Å². The number of amides is 2. The van der Waals surface area contributed by atoms with E-state index in [4.69, 9.17) is 23.2 Å². The van der Waals surface area contributed by atoms with Gasteiger partial charge in [0.15, 0.2) is 0 Å². The van der Waals surface area contributed by atoms with Crippen molar-refractivity contribution in [3.8, 4) is 0 Å². The van der Waals surface area contributed by atoms with Crippen molar-refractivity contribution < 1.29 is 9.59 Å². The van der Waals surface area contributed by atoms with Crippen molar-refractivity contribution in [2.45, 2.75) is 25.7 Å². The quantitative estimate of drug-likeness (QED) is 0.438. The van der Waals surface area contributed by atoms with E-state index in [-0.39, 0.29) is 23.8 Å². The summed E-state index contributed by atoms with van der Waals surface area (Å²) in [7, 11) is 0. The van der Waals surface area contributed by atoms with E-state index >= 15 is 0 Å². The van der Waals surface area contributed by atoms with Gasteiger partial charge in [0, 0.05) is 17.1 Å². The number of aromatic amines is 1. The molecule has 0 fully saturated rings. The molecule has 3 aromatic rings. The first-order valence-electron chi connectivity index (χ1n) is 9.90. The minimum atomic E-state index is -0.979. The third-order valence-corrected chi connectivity index (χ3v) is 5.66. The van der Waals surface area contributed by atoms with Crippen molar-refractivity contribution in [2.75, 3.05) is 16.0 Å². The number of para-hydroxylation sites is 1. The molecule has 8 nitrogen and oxygen atoms in total. The van der Waals surface area contributed by atoms with Crippen LogP contribution in [0, 0.1) is 0 Å². The Morgan fingerprint density at radius 1 is 1.16 bits per heavy atom. The number of nitrogens with zero attached hydrogens (tertiary/aromatic N) is 1. The molecule has 0 radical (unpaired) electrons. The Morgan fingerprint density at radius 2 is 1.94 bits per heavy atom. The van der Waals surface area contributed by atoms with Gasteiger partial charge < -0.3 is 16.0 Å². The Balaban J connectivity index is 1.65. The lowest BCUT2D eigenvalue weighted by molar-refractivity contribution is -0.123. The highest BCUT2D eigenvalue weighted by atomic mass is 35.5. The normalized spacial score (nSPS) is 15.0. The molecule has 2 heterocycles. The Hall–Kier alpha value is -3.36. The van der Waals surface area contributed by atoms with Crippen LogP contribution in [0.15, 0.2) is 47.3 Å². The third-order valence-electron chi connectivity index (χ3n) is 5.11. The van der Waals surface area contributed by atoms with Gasteiger partial charge in [0.2, 0.25) is 17.8 Å². The monoisotopic (exact) mass is 471 g/mol. The molecule has 0 saturated carbocycles. The van der Waals surface area contributed by atoms with Gasteiger partial charge in [-0.15, -0.1) is 0 Å². The van der Waals surface area contributed by atoms with E-state index in [1.807, 2.05) is 25.1 Å². The van der Waals surface area contributed by atoms with Gasteiger partial charge in [0.1, 0.15) is 5.82 Å². The summed E-state index contributed by atoms with van der Waals surface area (Å²) < 4.78 is 0. The van der Waals surface area contributed by atoms with E-state index in [9.17, 15) is 14.4 Å². The first kappa shape index (κ1) is 21.9. The summed E-state index contributed by atoms with van der Waals surface area (Å²) in [6, 6.07) is 12.2. The zero-order valence-electron chi connectivity index (χ0n) is 17.0. The topological polar surface area (TPSA) is 116 Å². The molecule has 0 spiro atoms. The second-order valence-electron chi connectivity index (χ2n) is 7.23. The minimum Gasteiger partial charge on any atom is -0.325 e. The molecular formula is C22H19Cl2N5O3. The van der Waals surface area contributed by atoms with E-state index < -0.39 is 23.3 Å². The number of halogens is 2. The standard InChI is InChI=1S/C22H19Cl2N5O3/c1-2-11-5-3-4-6-15(11)25-20(31)13-10-17(30)27-19-18(13)21(32)29-22(28-19)26-16-8-7-12(23)9-14(16)24/h3-9,13H,2,10H2,1H3,(H,25,31)(H3,26,27,28,29,30,32)/t13-/m0/s1. The Morgan fingerprint density at radius 3 is 2.69 bits per heavy atom. The van der Waals surface area contributed by atoms with Crippen molar-refractivity contribution in [3.05, 3.63) is 74.0 Å². The fraction of sp³-hybridized carbons (Fsp3) is 0.182. The lowest BCUT2D eigenvalue weighted by Gasteiger charge is -2.24. The molecule has 1 aliphatic rings. The first-order chi connectivity index (χ1) is 15.4. The third kappa shape index (κ3) is 4.46. The van der Waals surface area contributed by atoms with Gasteiger partial charge >= 0.3 is 0 Å². The van der Waals surface area contributed by atoms with Crippen molar-refractivity contribution in [2.24, 2.45) is 0 Å². The van der Waals surface area contributed by atoms with E-state index in [1.54, 1.807) is 18.2 Å². The summed E-state index contributed by atoms with van der Waals surface area (Å²) in [6.45, 7) is 1.98. The number of aryl methyl sites for hydroxylation is 1. The highest BCUT2D eigenvalue weighted by Crippen LogP contribution is 2.32. The van der Waals surface area contributed by atoms with Gasteiger partial charge in [-0.2, -0.15) is 4.98 Å². The molecular weight excluding hydrogens is 453 g/mol. The average Bonchev–Trinajstić information content (AvgIpc) is 2.75. The molecule has 0 bridgehead atoms. The van der Waals surface area contributed by atoms with Crippen LogP contribution in [0.1, 0.15) is 30.4 Å². The van der Waals surface area contributed by atoms with Crippen molar-refractivity contribution in [3.63, 3.8) is 0 Å². The molecule has 1 aromatic heterocycles. The number of anilines is 4. The number of nitrogens with one attached hydrogen (secondary N) is 4. The molecule has 1 atom stereocenters. The first-order valence-corrected chi connectivity index (χ1v) is 10.7. The van der Waals surface area contributed by atoms with Gasteiger partial charge in [-0.25, -0.2) is 0 Å². The molecule has 0 aliphatic carbocycles. The molecule has 1 aliphatic heterocycles. The number of carbonyl (C=O) groups is 2. The molecule has 0 saturated heterocycles. The van der Waals surface area contributed by atoms with Crippen LogP contribution in [0.3, 0.4) is 0 Å². The van der Waals surface area contributed by atoms with Gasteiger partial charge in [-0.1, -0.05) is 48.3 Å². The van der Waals surface area contributed by atoms with E-state index in [2.05, 4.69) is 25.9 Å². The maximum absolute atomic E-state index is 13.0. The molecule has 0 unspecified atom stereocenters. The summed E-state index contributed by atoms with van der Waals surface area (Å²) in [5.41, 5.74) is 1.63. The van der Waals surface area contributed by atoms with Crippen LogP contribution in [-0.2, 0) is 16.0 Å². The highest BCUT2D eigenvalue weighted by Gasteiger charge is 2.35. The molecule has 164 valence electrons. The number of rotatable bonds is 5. The number of hydrogen-bond acceptors (Lipinski definition) is 5. The van der Waals surface area contributed by atoms with E-state index in [1.165, 1.54) is 6.07 Å². The van der Waals surface area contributed by atoms with E-state index in [0.717, 1.165) is 12.0 Å². The summed E-state index contributed by atoms with van der Waals surface area (Å²) in [5.74, 6) is -1.74. The fourth-order valence-electron chi connectivity index (χ4n) is 3.54. The fourth-order valence-corrected chi connectivity index (χ4v) is 4.00. The van der Waals surface area contributed by atoms with Crippen LogP contribution in [0.5, 0.6) is 0 Å². The zero-order chi connectivity index (χ0) is 22.8. The molecule has 2 aromatic carbocycles. The van der Waals surface area contributed by atoms with Crippen LogP contribution >= 0.6 is 23.2 Å². The highest BCUT2D eigenvalue weighted by molar-refractivity contribution is 6.36. The Kier molecular flexibility index (Phi) is 6.16. The molecule has 10 heteroatoms. The Bertz CT molecular complexity index is 1270. The second kappa shape index (κ2) is 9.02. The van der Waals surface area contributed by atoms with Crippen LogP contribution in [0.2, 0.25) is 10.0 Å². The summed E-state index contributed by atoms with van der Waals surface area (Å²) in [5, 5.41) is 9.10. The lowest BCUT2D eigenvalue weighted by atomic mass is 9.92. The Labute approximate surface area is 193 Å². The molecule has 4 rings (SSSR count). The number of fused-ring (bicyclic) bond motifs is 1. The summed E-state index contributed by atoms with van der Waals surface area (Å²) in [4.78, 5) is 45.1. The van der Waals surface area contributed by atoms with Crippen molar-refractivity contribution in [1.82, 2.24) is 9.97 Å². The number of benzene rings is 2.